The number of nitrogens with zero attached hydrogens (tertiary/aromatic N) is 1. The van der Waals surface area contributed by atoms with E-state index >= 15 is 0 Å². The molecule has 4 heteroatoms. The molecule has 0 bridgehead atoms. The van der Waals surface area contributed by atoms with E-state index in [0.29, 0.717) is 0 Å². The molecule has 0 saturated heterocycles. The summed E-state index contributed by atoms with van der Waals surface area (Å²) in [6.45, 7) is 2.14. The number of hydrogen-bond donors (Lipinski definition) is 0. The smallest absolute Gasteiger partial charge is 0.0979 e. The van der Waals surface area contributed by atoms with E-state index in [1.807, 2.05) is 18.2 Å². The van der Waals surface area contributed by atoms with Gasteiger partial charge in [-0.3, -0.25) is 0 Å². The summed E-state index contributed by atoms with van der Waals surface area (Å²) >= 11 is 8.90. The fraction of sp³-hybridized carbons (Fsp3) is 0.118. The fourth-order valence-corrected chi connectivity index (χ4v) is 4.15. The first kappa shape index (κ1) is 14.9. The van der Waals surface area contributed by atoms with Crippen LogP contribution in [0.5, 0.6) is 0 Å². The van der Waals surface area contributed by atoms with E-state index in [2.05, 4.69) is 69.1 Å². The number of thiazole rings is 1. The van der Waals surface area contributed by atoms with E-state index in [-0.39, 0.29) is 0 Å². The van der Waals surface area contributed by atoms with Crippen LogP contribution in [0.25, 0.3) is 11.3 Å². The molecule has 0 amide bonds. The van der Waals surface area contributed by atoms with E-state index in [9.17, 15) is 0 Å². The maximum atomic E-state index is 4.84. The summed E-state index contributed by atoms with van der Waals surface area (Å²) in [6, 6.07) is 16.6. The number of halogens is 2. The maximum Gasteiger partial charge on any atom is 0.0979 e. The average Bonchev–Trinajstić information content (AvgIpc) is 2.80. The third-order valence-electron chi connectivity index (χ3n) is 3.21. The van der Waals surface area contributed by atoms with Gasteiger partial charge in [-0.1, -0.05) is 62.2 Å². The van der Waals surface area contributed by atoms with Gasteiger partial charge in [-0.05, 0) is 30.7 Å². The third kappa shape index (κ3) is 3.44. The second-order valence-corrected chi connectivity index (χ2v) is 7.86. The van der Waals surface area contributed by atoms with E-state index in [0.717, 1.165) is 31.6 Å². The molecule has 1 aromatic heterocycles. The van der Waals surface area contributed by atoms with Gasteiger partial charge in [-0.2, -0.15) is 0 Å². The van der Waals surface area contributed by atoms with Gasteiger partial charge in [0.2, 0.25) is 0 Å². The highest BCUT2D eigenvalue weighted by Crippen LogP contribution is 2.33. The van der Waals surface area contributed by atoms with Crippen molar-refractivity contribution in [1.29, 1.82) is 0 Å². The second kappa shape index (κ2) is 6.42. The molecule has 1 nitrogen and oxygen atoms in total. The Bertz CT molecular complexity index is 780. The summed E-state index contributed by atoms with van der Waals surface area (Å²) in [5.41, 5.74) is 3.51. The molecule has 3 rings (SSSR count). The Morgan fingerprint density at radius 1 is 1.05 bits per heavy atom. The second-order valence-electron chi connectivity index (χ2n) is 4.80. The van der Waals surface area contributed by atoms with Crippen LogP contribution in [0.1, 0.15) is 15.4 Å². The lowest BCUT2D eigenvalue weighted by Gasteiger charge is -2.01. The molecule has 0 N–H and O–H groups in total. The van der Waals surface area contributed by atoms with Crippen molar-refractivity contribution in [3.8, 4) is 11.3 Å². The topological polar surface area (TPSA) is 12.9 Å². The van der Waals surface area contributed by atoms with Crippen LogP contribution in [0, 0.1) is 6.92 Å². The van der Waals surface area contributed by atoms with Crippen LogP contribution >= 0.6 is 43.2 Å². The Morgan fingerprint density at radius 2 is 1.86 bits per heavy atom. The SMILES string of the molecule is Cc1sc(Cc2cccc(Br)c2)nc1-c1ccccc1Br. The molecule has 0 saturated carbocycles. The standard InChI is InChI=1S/C17H13Br2NS/c1-11-17(14-7-2-3-8-15(14)19)20-16(21-11)10-12-5-4-6-13(18)9-12/h2-9H,10H2,1H3. The number of hydrogen-bond acceptors (Lipinski definition) is 2. The molecular weight excluding hydrogens is 410 g/mol. The molecular formula is C17H13Br2NS. The molecule has 0 aliphatic carbocycles. The molecule has 106 valence electrons. The van der Waals surface area contributed by atoms with Crippen LogP contribution in [0.15, 0.2) is 57.5 Å². The quantitative estimate of drug-likeness (QED) is 0.487. The summed E-state index contributed by atoms with van der Waals surface area (Å²) < 4.78 is 2.20. The first-order chi connectivity index (χ1) is 10.1. The van der Waals surface area contributed by atoms with E-state index in [1.54, 1.807) is 11.3 Å². The molecule has 0 radical (unpaired) electrons. The molecule has 0 spiro atoms. The van der Waals surface area contributed by atoms with Gasteiger partial charge in [0.15, 0.2) is 0 Å². The van der Waals surface area contributed by atoms with E-state index in [4.69, 9.17) is 4.98 Å². The molecule has 0 fully saturated rings. The van der Waals surface area contributed by atoms with Crippen LogP contribution in [0.3, 0.4) is 0 Å². The van der Waals surface area contributed by atoms with Gasteiger partial charge >= 0.3 is 0 Å². The van der Waals surface area contributed by atoms with Gasteiger partial charge in [-0.25, -0.2) is 4.98 Å². The van der Waals surface area contributed by atoms with Gasteiger partial charge in [0.1, 0.15) is 0 Å². The summed E-state index contributed by atoms with van der Waals surface area (Å²) in [5, 5.41) is 1.15. The first-order valence-electron chi connectivity index (χ1n) is 6.59. The number of benzene rings is 2. The molecule has 0 aliphatic rings. The summed E-state index contributed by atoms with van der Waals surface area (Å²) in [5.74, 6) is 0. The minimum absolute atomic E-state index is 0.870. The molecule has 2 aromatic carbocycles. The normalized spacial score (nSPS) is 10.8. The first-order valence-corrected chi connectivity index (χ1v) is 8.99. The van der Waals surface area contributed by atoms with Gasteiger partial charge in [0.25, 0.3) is 0 Å². The Balaban J connectivity index is 1.93. The van der Waals surface area contributed by atoms with Gasteiger partial charge in [0, 0.05) is 25.8 Å². The van der Waals surface area contributed by atoms with Crippen molar-refractivity contribution in [2.45, 2.75) is 13.3 Å². The van der Waals surface area contributed by atoms with E-state index in [1.165, 1.54) is 10.4 Å². The summed E-state index contributed by atoms with van der Waals surface area (Å²) in [7, 11) is 0. The lowest BCUT2D eigenvalue weighted by Crippen LogP contribution is -1.88. The Hall–Kier alpha value is -0.970. The van der Waals surface area contributed by atoms with Crippen LogP contribution in [-0.2, 0) is 6.42 Å². The number of rotatable bonds is 3. The molecule has 0 atom stereocenters. The number of aromatic nitrogens is 1. The zero-order chi connectivity index (χ0) is 14.8. The average molecular weight is 423 g/mol. The van der Waals surface area contributed by atoms with E-state index < -0.39 is 0 Å². The van der Waals surface area contributed by atoms with Crippen molar-refractivity contribution in [3.05, 3.63) is 72.9 Å². The van der Waals surface area contributed by atoms with Crippen LogP contribution < -0.4 is 0 Å². The van der Waals surface area contributed by atoms with Crippen LogP contribution in [0.4, 0.5) is 0 Å². The Morgan fingerprint density at radius 3 is 2.62 bits per heavy atom. The van der Waals surface area contributed by atoms with Crippen molar-refractivity contribution in [1.82, 2.24) is 4.98 Å². The summed E-state index contributed by atoms with van der Waals surface area (Å²) in [6.07, 6.45) is 0.870. The van der Waals surface area contributed by atoms with Crippen LogP contribution in [-0.4, -0.2) is 4.98 Å². The van der Waals surface area contributed by atoms with Crippen LogP contribution in [0.2, 0.25) is 0 Å². The van der Waals surface area contributed by atoms with Gasteiger partial charge in [-0.15, -0.1) is 11.3 Å². The maximum absolute atomic E-state index is 4.84. The molecule has 1 heterocycles. The van der Waals surface area contributed by atoms with Crippen molar-refractivity contribution in [2.75, 3.05) is 0 Å². The monoisotopic (exact) mass is 421 g/mol. The Kier molecular flexibility index (Phi) is 4.57. The molecule has 0 aliphatic heterocycles. The predicted octanol–water partition coefficient (Wildman–Crippen LogP) is 6.23. The highest BCUT2D eigenvalue weighted by atomic mass is 79.9. The highest BCUT2D eigenvalue weighted by Gasteiger charge is 2.12. The molecule has 3 aromatic rings. The lowest BCUT2D eigenvalue weighted by molar-refractivity contribution is 1.13. The highest BCUT2D eigenvalue weighted by molar-refractivity contribution is 9.10. The summed E-state index contributed by atoms with van der Waals surface area (Å²) in [4.78, 5) is 6.10. The fourth-order valence-electron chi connectivity index (χ4n) is 2.25. The molecule has 21 heavy (non-hydrogen) atoms. The van der Waals surface area contributed by atoms with Crippen molar-refractivity contribution in [2.24, 2.45) is 0 Å². The Labute approximate surface area is 145 Å². The lowest BCUT2D eigenvalue weighted by atomic mass is 10.1. The third-order valence-corrected chi connectivity index (χ3v) is 5.37. The van der Waals surface area contributed by atoms with Crippen molar-refractivity contribution < 1.29 is 0 Å². The van der Waals surface area contributed by atoms with Gasteiger partial charge in [0.05, 0.1) is 10.7 Å². The number of aryl methyl sites for hydroxylation is 1. The zero-order valence-electron chi connectivity index (χ0n) is 11.4. The predicted molar refractivity (Wildman–Crippen MR) is 96.9 cm³/mol. The van der Waals surface area contributed by atoms with Crippen molar-refractivity contribution >= 4 is 43.2 Å². The minimum atomic E-state index is 0.870. The molecule has 0 unspecified atom stereocenters. The zero-order valence-corrected chi connectivity index (χ0v) is 15.4. The minimum Gasteiger partial charge on any atom is -0.241 e. The largest absolute Gasteiger partial charge is 0.241 e. The van der Waals surface area contributed by atoms with Gasteiger partial charge < -0.3 is 0 Å². The van der Waals surface area contributed by atoms with Crippen molar-refractivity contribution in [3.63, 3.8) is 0 Å².